The molecule has 0 N–H and O–H groups in total. The van der Waals surface area contributed by atoms with E-state index < -0.39 is 0 Å². The Morgan fingerprint density at radius 2 is 2.15 bits per heavy atom. The largest absolute Gasteiger partial charge is 0.488 e. The number of rotatable bonds is 0. The Kier molecular flexibility index (Phi) is 1.22. The third kappa shape index (κ3) is 0.869. The predicted octanol–water partition coefficient (Wildman–Crippen LogP) is 2.23. The van der Waals surface area contributed by atoms with Crippen LogP contribution >= 0.6 is 0 Å². The lowest BCUT2D eigenvalue weighted by atomic mass is 10.1. The van der Waals surface area contributed by atoms with Gasteiger partial charge >= 0.3 is 0 Å². The number of aromatic nitrogens is 1. The van der Waals surface area contributed by atoms with Crippen LogP contribution in [-0.2, 0) is 6.61 Å². The normalized spacial score (nSPS) is 12.9. The minimum atomic E-state index is 0.551. The zero-order valence-corrected chi connectivity index (χ0v) is 6.86. The van der Waals surface area contributed by atoms with E-state index in [1.54, 1.807) is 6.20 Å². The van der Waals surface area contributed by atoms with Gasteiger partial charge < -0.3 is 9.26 Å². The van der Waals surface area contributed by atoms with E-state index in [0.717, 1.165) is 22.6 Å². The average Bonchev–Trinajstić information content (AvgIpc) is 2.65. The van der Waals surface area contributed by atoms with Crippen LogP contribution in [0.5, 0.6) is 5.75 Å². The number of para-hydroxylation sites is 1. The Balaban J connectivity index is 2.30. The highest BCUT2D eigenvalue weighted by atomic mass is 16.5. The summed E-state index contributed by atoms with van der Waals surface area (Å²) in [7, 11) is 0. The molecule has 0 aliphatic carbocycles. The van der Waals surface area contributed by atoms with E-state index in [1.807, 2.05) is 24.3 Å². The molecule has 3 nitrogen and oxygen atoms in total. The van der Waals surface area contributed by atoms with Crippen molar-refractivity contribution in [2.24, 2.45) is 0 Å². The molecule has 1 aromatic carbocycles. The molecule has 0 radical (unpaired) electrons. The van der Waals surface area contributed by atoms with Gasteiger partial charge in [0.05, 0.1) is 17.3 Å². The second kappa shape index (κ2) is 2.36. The summed E-state index contributed by atoms with van der Waals surface area (Å²) in [6.07, 6.45) is 1.70. The summed E-state index contributed by atoms with van der Waals surface area (Å²) in [5.74, 6) is 1.70. The Morgan fingerprint density at radius 3 is 3.15 bits per heavy atom. The minimum Gasteiger partial charge on any atom is -0.488 e. The summed E-state index contributed by atoms with van der Waals surface area (Å²) in [5.41, 5.74) is 2.00. The van der Waals surface area contributed by atoms with Crippen LogP contribution in [0.15, 0.2) is 35.0 Å². The first kappa shape index (κ1) is 6.71. The van der Waals surface area contributed by atoms with Crippen LogP contribution in [-0.4, -0.2) is 5.16 Å². The van der Waals surface area contributed by atoms with Crippen molar-refractivity contribution in [3.8, 4) is 17.1 Å². The van der Waals surface area contributed by atoms with E-state index in [1.165, 1.54) is 0 Å². The molecule has 0 fully saturated rings. The fourth-order valence-electron chi connectivity index (χ4n) is 1.52. The fraction of sp³-hybridized carbons (Fsp3) is 0.100. The van der Waals surface area contributed by atoms with E-state index in [4.69, 9.17) is 9.26 Å². The predicted molar refractivity (Wildman–Crippen MR) is 46.3 cm³/mol. The van der Waals surface area contributed by atoms with E-state index in [9.17, 15) is 0 Å². The van der Waals surface area contributed by atoms with Crippen LogP contribution in [0.4, 0.5) is 0 Å². The topological polar surface area (TPSA) is 35.3 Å². The number of hydrogen-bond acceptors (Lipinski definition) is 3. The highest BCUT2D eigenvalue weighted by Gasteiger charge is 2.20. The van der Waals surface area contributed by atoms with Gasteiger partial charge in [0, 0.05) is 0 Å². The molecular weight excluding hydrogens is 166 g/mol. The van der Waals surface area contributed by atoms with E-state index in [2.05, 4.69) is 5.16 Å². The molecule has 0 atom stereocenters. The van der Waals surface area contributed by atoms with Gasteiger partial charge in [-0.25, -0.2) is 0 Å². The molecule has 0 amide bonds. The minimum absolute atomic E-state index is 0.551. The number of nitrogens with zero attached hydrogens (tertiary/aromatic N) is 1. The molecule has 0 spiro atoms. The first-order valence-electron chi connectivity index (χ1n) is 4.11. The standard InChI is InChI=1S/C10H7NO2/c1-2-4-9-8(3-1)10-7(6-12-9)5-11-13-10/h1-5H,6H2. The average molecular weight is 173 g/mol. The fourth-order valence-corrected chi connectivity index (χ4v) is 1.52. The molecule has 3 heteroatoms. The molecular formula is C10H7NO2. The molecule has 3 rings (SSSR count). The van der Waals surface area contributed by atoms with Gasteiger partial charge in [-0.15, -0.1) is 0 Å². The van der Waals surface area contributed by atoms with Crippen molar-refractivity contribution in [2.45, 2.75) is 6.61 Å². The Labute approximate surface area is 74.9 Å². The van der Waals surface area contributed by atoms with Gasteiger partial charge in [-0.3, -0.25) is 0 Å². The Bertz CT molecular complexity index is 448. The maximum absolute atomic E-state index is 5.51. The number of ether oxygens (including phenoxy) is 1. The van der Waals surface area contributed by atoms with Gasteiger partial charge in [0.15, 0.2) is 5.76 Å². The van der Waals surface area contributed by atoms with Crippen LogP contribution < -0.4 is 4.74 Å². The van der Waals surface area contributed by atoms with Crippen molar-refractivity contribution in [1.29, 1.82) is 0 Å². The maximum atomic E-state index is 5.51. The molecule has 0 saturated carbocycles. The molecule has 0 unspecified atom stereocenters. The summed E-state index contributed by atoms with van der Waals surface area (Å²) < 4.78 is 10.7. The van der Waals surface area contributed by atoms with Crippen molar-refractivity contribution in [3.05, 3.63) is 36.0 Å². The van der Waals surface area contributed by atoms with Crippen LogP contribution in [0.25, 0.3) is 11.3 Å². The van der Waals surface area contributed by atoms with Gasteiger partial charge in [-0.2, -0.15) is 0 Å². The van der Waals surface area contributed by atoms with Gasteiger partial charge in [0.25, 0.3) is 0 Å². The van der Waals surface area contributed by atoms with E-state index in [-0.39, 0.29) is 0 Å². The number of hydrogen-bond donors (Lipinski definition) is 0. The van der Waals surface area contributed by atoms with Gasteiger partial charge in [-0.1, -0.05) is 17.3 Å². The monoisotopic (exact) mass is 173 g/mol. The van der Waals surface area contributed by atoms with Gasteiger partial charge in [0.1, 0.15) is 12.4 Å². The van der Waals surface area contributed by atoms with Crippen molar-refractivity contribution in [1.82, 2.24) is 5.16 Å². The van der Waals surface area contributed by atoms with Crippen LogP contribution in [0, 0.1) is 0 Å². The first-order chi connectivity index (χ1) is 6.45. The van der Waals surface area contributed by atoms with Gasteiger partial charge in [-0.05, 0) is 12.1 Å². The quantitative estimate of drug-likeness (QED) is 0.612. The van der Waals surface area contributed by atoms with Gasteiger partial charge in [0.2, 0.25) is 0 Å². The zero-order chi connectivity index (χ0) is 8.67. The Hall–Kier alpha value is -1.77. The molecule has 0 saturated heterocycles. The molecule has 2 aromatic rings. The van der Waals surface area contributed by atoms with E-state index >= 15 is 0 Å². The zero-order valence-electron chi connectivity index (χ0n) is 6.86. The molecule has 0 bridgehead atoms. The maximum Gasteiger partial charge on any atom is 0.177 e. The summed E-state index contributed by atoms with van der Waals surface area (Å²) in [6, 6.07) is 7.80. The molecule has 1 aliphatic heterocycles. The van der Waals surface area contributed by atoms with Crippen LogP contribution in [0.3, 0.4) is 0 Å². The number of fused-ring (bicyclic) bond motifs is 3. The van der Waals surface area contributed by atoms with Crippen LogP contribution in [0.1, 0.15) is 5.56 Å². The molecule has 2 heterocycles. The number of benzene rings is 1. The molecule has 64 valence electrons. The highest BCUT2D eigenvalue weighted by molar-refractivity contribution is 5.69. The van der Waals surface area contributed by atoms with E-state index in [0.29, 0.717) is 6.61 Å². The van der Waals surface area contributed by atoms with Crippen molar-refractivity contribution >= 4 is 0 Å². The second-order valence-corrected chi connectivity index (χ2v) is 2.96. The Morgan fingerprint density at radius 1 is 1.23 bits per heavy atom. The lowest BCUT2D eigenvalue weighted by Gasteiger charge is -2.14. The second-order valence-electron chi connectivity index (χ2n) is 2.96. The summed E-state index contributed by atoms with van der Waals surface area (Å²) >= 11 is 0. The third-order valence-corrected chi connectivity index (χ3v) is 2.16. The summed E-state index contributed by atoms with van der Waals surface area (Å²) in [4.78, 5) is 0. The van der Waals surface area contributed by atoms with Crippen molar-refractivity contribution < 1.29 is 9.26 Å². The SMILES string of the molecule is c1ccc2c(c1)OCc1cnoc1-2. The van der Waals surface area contributed by atoms with Crippen molar-refractivity contribution in [2.75, 3.05) is 0 Å². The summed E-state index contributed by atoms with van der Waals surface area (Å²) in [6.45, 7) is 0.551. The third-order valence-electron chi connectivity index (χ3n) is 2.16. The molecule has 1 aliphatic rings. The lowest BCUT2D eigenvalue weighted by Crippen LogP contribution is -2.02. The summed E-state index contributed by atoms with van der Waals surface area (Å²) in [5, 5.41) is 3.75. The lowest BCUT2D eigenvalue weighted by molar-refractivity contribution is 0.297. The first-order valence-corrected chi connectivity index (χ1v) is 4.11. The smallest absolute Gasteiger partial charge is 0.177 e. The highest BCUT2D eigenvalue weighted by Crippen LogP contribution is 2.36. The van der Waals surface area contributed by atoms with Crippen molar-refractivity contribution in [3.63, 3.8) is 0 Å². The molecule has 1 aromatic heterocycles. The molecule has 13 heavy (non-hydrogen) atoms. The van der Waals surface area contributed by atoms with Crippen LogP contribution in [0.2, 0.25) is 0 Å².